The van der Waals surface area contributed by atoms with E-state index in [1.807, 2.05) is 6.92 Å². The number of nitrogens with two attached hydrogens (primary N) is 2. The summed E-state index contributed by atoms with van der Waals surface area (Å²) in [5.41, 5.74) is 10.1. The van der Waals surface area contributed by atoms with Crippen LogP contribution in [0.4, 0.5) is 11.4 Å². The van der Waals surface area contributed by atoms with Crippen molar-refractivity contribution in [3.63, 3.8) is 0 Å². The van der Waals surface area contributed by atoms with Crippen LogP contribution in [0.2, 0.25) is 10.0 Å². The van der Waals surface area contributed by atoms with E-state index >= 15 is 0 Å². The van der Waals surface area contributed by atoms with Gasteiger partial charge in [-0.1, -0.05) is 30.1 Å². The molecule has 0 spiro atoms. The van der Waals surface area contributed by atoms with Crippen LogP contribution in [0.3, 0.4) is 0 Å². The zero-order valence-electron chi connectivity index (χ0n) is 9.65. The molecule has 0 atom stereocenters. The molecular weight excluding hydrogens is 281 g/mol. The number of primary amides is 1. The maximum Gasteiger partial charge on any atom is 0.272 e. The summed E-state index contributed by atoms with van der Waals surface area (Å²) in [4.78, 5) is 19.5. The monoisotopic (exact) mass is 293 g/mol. The Labute approximate surface area is 114 Å². The van der Waals surface area contributed by atoms with Crippen molar-refractivity contribution in [2.75, 3.05) is 5.73 Å². The van der Waals surface area contributed by atoms with Crippen LogP contribution >= 0.6 is 23.2 Å². The summed E-state index contributed by atoms with van der Waals surface area (Å²) in [5.74, 6) is -0.211. The van der Waals surface area contributed by atoms with Crippen LogP contribution in [-0.4, -0.2) is 10.8 Å². The van der Waals surface area contributed by atoms with Gasteiger partial charge in [-0.15, -0.1) is 0 Å². The van der Waals surface area contributed by atoms with Gasteiger partial charge in [-0.3, -0.25) is 14.9 Å². The lowest BCUT2D eigenvalue weighted by Gasteiger charge is -1.99. The van der Waals surface area contributed by atoms with Crippen LogP contribution in [0.25, 0.3) is 0 Å². The Balaban J connectivity index is 0.000000411. The van der Waals surface area contributed by atoms with Crippen molar-refractivity contribution in [3.8, 4) is 0 Å². The molecule has 1 aromatic rings. The van der Waals surface area contributed by atoms with E-state index in [1.54, 1.807) is 0 Å². The quantitative estimate of drug-likeness (QED) is 0.507. The van der Waals surface area contributed by atoms with Gasteiger partial charge in [0, 0.05) is 18.6 Å². The predicted octanol–water partition coefficient (Wildman–Crippen LogP) is 2.76. The molecule has 0 aliphatic carbocycles. The zero-order valence-corrected chi connectivity index (χ0v) is 11.2. The highest BCUT2D eigenvalue weighted by atomic mass is 35.5. The molecule has 0 aliphatic rings. The molecule has 1 aromatic carbocycles. The van der Waals surface area contributed by atoms with Gasteiger partial charge >= 0.3 is 0 Å². The SMILES string of the molecule is CCCC(N)=O.Nc1c(Cl)cc([N+](=O)[O-])cc1Cl. The second kappa shape index (κ2) is 7.73. The summed E-state index contributed by atoms with van der Waals surface area (Å²) < 4.78 is 0. The molecule has 0 radical (unpaired) electrons. The molecule has 0 unspecified atom stereocenters. The Hall–Kier alpha value is -1.53. The number of nitrogens with zero attached hydrogens (tertiary/aromatic N) is 1. The zero-order chi connectivity index (χ0) is 14.3. The number of amides is 1. The molecule has 6 nitrogen and oxygen atoms in total. The third-order valence-electron chi connectivity index (χ3n) is 1.77. The topological polar surface area (TPSA) is 112 Å². The predicted molar refractivity (Wildman–Crippen MR) is 71.6 cm³/mol. The van der Waals surface area contributed by atoms with E-state index in [0.29, 0.717) is 6.42 Å². The standard InChI is InChI=1S/C6H4Cl2N2O2.C4H9NO/c7-4-1-3(10(11)12)2-5(8)6(4)9;1-2-3-4(5)6/h1-2H,9H2;2-3H2,1H3,(H2,5,6). The normalized spacial score (nSPS) is 9.28. The summed E-state index contributed by atoms with van der Waals surface area (Å²) in [6, 6.07) is 2.31. The van der Waals surface area contributed by atoms with Crippen LogP contribution in [0.5, 0.6) is 0 Å². The number of non-ortho nitro benzene ring substituents is 1. The van der Waals surface area contributed by atoms with Crippen molar-refractivity contribution in [1.29, 1.82) is 0 Å². The van der Waals surface area contributed by atoms with Crippen molar-refractivity contribution >= 4 is 40.5 Å². The van der Waals surface area contributed by atoms with E-state index in [0.717, 1.165) is 18.6 Å². The lowest BCUT2D eigenvalue weighted by molar-refractivity contribution is -0.384. The first-order valence-electron chi connectivity index (χ1n) is 4.96. The van der Waals surface area contributed by atoms with Gasteiger partial charge < -0.3 is 11.5 Å². The van der Waals surface area contributed by atoms with E-state index < -0.39 is 4.92 Å². The average molecular weight is 294 g/mol. The van der Waals surface area contributed by atoms with E-state index in [-0.39, 0.29) is 27.3 Å². The molecule has 1 amide bonds. The number of anilines is 1. The molecule has 1 rings (SSSR count). The smallest absolute Gasteiger partial charge is 0.272 e. The number of hydrogen-bond donors (Lipinski definition) is 2. The minimum Gasteiger partial charge on any atom is -0.396 e. The molecule has 0 saturated heterocycles. The number of carbonyl (C=O) groups excluding carboxylic acids is 1. The second-order valence-corrected chi connectivity index (χ2v) is 4.11. The average Bonchev–Trinajstić information content (AvgIpc) is 2.25. The van der Waals surface area contributed by atoms with Gasteiger partial charge in [0.15, 0.2) is 0 Å². The Bertz CT molecular complexity index is 429. The van der Waals surface area contributed by atoms with Crippen molar-refractivity contribution in [1.82, 2.24) is 0 Å². The summed E-state index contributed by atoms with van der Waals surface area (Å²) in [6.07, 6.45) is 1.37. The van der Waals surface area contributed by atoms with Crippen molar-refractivity contribution < 1.29 is 9.72 Å². The van der Waals surface area contributed by atoms with Gasteiger partial charge in [-0.2, -0.15) is 0 Å². The molecule has 0 fully saturated rings. The van der Waals surface area contributed by atoms with Crippen LogP contribution < -0.4 is 11.5 Å². The maximum absolute atomic E-state index is 10.3. The number of hydrogen-bond acceptors (Lipinski definition) is 4. The number of benzene rings is 1. The highest BCUT2D eigenvalue weighted by Gasteiger charge is 2.11. The molecule has 0 aliphatic heterocycles. The molecule has 0 saturated carbocycles. The van der Waals surface area contributed by atoms with Gasteiger partial charge in [0.2, 0.25) is 5.91 Å². The fraction of sp³-hybridized carbons (Fsp3) is 0.300. The Kier molecular flexibility index (Phi) is 7.07. The largest absolute Gasteiger partial charge is 0.396 e. The number of carbonyl (C=O) groups is 1. The number of rotatable bonds is 3. The minimum absolute atomic E-state index is 0.0919. The number of halogens is 2. The van der Waals surface area contributed by atoms with Gasteiger partial charge in [-0.05, 0) is 6.42 Å². The number of nitro benzene ring substituents is 1. The molecule has 0 heterocycles. The maximum atomic E-state index is 10.3. The van der Waals surface area contributed by atoms with E-state index in [1.165, 1.54) is 0 Å². The second-order valence-electron chi connectivity index (χ2n) is 3.30. The van der Waals surface area contributed by atoms with Crippen molar-refractivity contribution in [2.24, 2.45) is 5.73 Å². The number of nitro groups is 1. The number of nitrogen functional groups attached to an aromatic ring is 1. The molecule has 100 valence electrons. The Morgan fingerprint density at radius 3 is 2.06 bits per heavy atom. The molecule has 8 heteroatoms. The summed E-state index contributed by atoms with van der Waals surface area (Å²) >= 11 is 11.1. The Morgan fingerprint density at radius 2 is 1.83 bits per heavy atom. The molecular formula is C10H13Cl2N3O3. The van der Waals surface area contributed by atoms with Crippen LogP contribution in [0.15, 0.2) is 12.1 Å². The van der Waals surface area contributed by atoms with Crippen LogP contribution in [0.1, 0.15) is 19.8 Å². The van der Waals surface area contributed by atoms with Crippen molar-refractivity contribution in [2.45, 2.75) is 19.8 Å². The highest BCUT2D eigenvalue weighted by molar-refractivity contribution is 6.39. The fourth-order valence-electron chi connectivity index (χ4n) is 0.923. The first-order valence-corrected chi connectivity index (χ1v) is 5.72. The van der Waals surface area contributed by atoms with Gasteiger partial charge in [0.05, 0.1) is 20.7 Å². The van der Waals surface area contributed by atoms with E-state index in [4.69, 9.17) is 34.7 Å². The molecule has 0 aromatic heterocycles. The van der Waals surface area contributed by atoms with Gasteiger partial charge in [0.25, 0.3) is 5.69 Å². The minimum atomic E-state index is -0.586. The highest BCUT2D eigenvalue weighted by Crippen LogP contribution is 2.31. The van der Waals surface area contributed by atoms with Crippen LogP contribution in [0, 0.1) is 10.1 Å². The van der Waals surface area contributed by atoms with E-state index in [9.17, 15) is 14.9 Å². The van der Waals surface area contributed by atoms with Crippen LogP contribution in [-0.2, 0) is 4.79 Å². The molecule has 4 N–H and O–H groups in total. The van der Waals surface area contributed by atoms with E-state index in [2.05, 4.69) is 0 Å². The summed E-state index contributed by atoms with van der Waals surface area (Å²) in [7, 11) is 0. The lowest BCUT2D eigenvalue weighted by Crippen LogP contribution is -2.08. The first kappa shape index (κ1) is 16.5. The van der Waals surface area contributed by atoms with Gasteiger partial charge in [0.1, 0.15) is 0 Å². The fourth-order valence-corrected chi connectivity index (χ4v) is 1.40. The lowest BCUT2D eigenvalue weighted by atomic mass is 10.3. The van der Waals surface area contributed by atoms with Crippen molar-refractivity contribution in [3.05, 3.63) is 32.3 Å². The van der Waals surface area contributed by atoms with Gasteiger partial charge in [-0.25, -0.2) is 0 Å². The molecule has 0 bridgehead atoms. The molecule has 18 heavy (non-hydrogen) atoms. The third kappa shape index (κ3) is 5.70. The first-order chi connectivity index (χ1) is 8.29. The third-order valence-corrected chi connectivity index (χ3v) is 2.40. The summed E-state index contributed by atoms with van der Waals surface area (Å²) in [5, 5.41) is 10.4. The summed E-state index contributed by atoms with van der Waals surface area (Å²) in [6.45, 7) is 1.92. The Morgan fingerprint density at radius 1 is 1.39 bits per heavy atom.